The monoisotopic (exact) mass is 285 g/mol. The van der Waals surface area contributed by atoms with E-state index in [0.29, 0.717) is 0 Å². The van der Waals surface area contributed by atoms with Crippen molar-refractivity contribution < 1.29 is 0 Å². The van der Waals surface area contributed by atoms with Crippen LogP contribution in [-0.4, -0.2) is 16.5 Å². The quantitative estimate of drug-likeness (QED) is 0.680. The molecule has 0 spiro atoms. The molecule has 3 rings (SSSR count). The Morgan fingerprint density at radius 3 is 3.10 bits per heavy atom. The summed E-state index contributed by atoms with van der Waals surface area (Å²) in [5.41, 5.74) is 3.76. The molecule has 0 aliphatic rings. The molecule has 3 aromatic rings. The number of aromatic nitrogens is 2. The fourth-order valence-corrected chi connectivity index (χ4v) is 3.15. The summed E-state index contributed by atoms with van der Waals surface area (Å²) in [6.07, 6.45) is 4.03. The lowest BCUT2D eigenvalue weighted by atomic mass is 10.1. The maximum absolute atomic E-state index is 4.59. The van der Waals surface area contributed by atoms with E-state index in [1.165, 1.54) is 27.2 Å². The van der Waals surface area contributed by atoms with Crippen molar-refractivity contribution in [3.63, 3.8) is 0 Å². The third-order valence-electron chi connectivity index (χ3n) is 3.46. The summed E-state index contributed by atoms with van der Waals surface area (Å²) in [5, 5.41) is 8.22. The van der Waals surface area contributed by atoms with Crippen LogP contribution in [0.25, 0.3) is 10.9 Å². The molecule has 0 bridgehead atoms. The van der Waals surface area contributed by atoms with Crippen LogP contribution >= 0.6 is 11.3 Å². The molecule has 2 heterocycles. The Labute approximate surface area is 123 Å². The summed E-state index contributed by atoms with van der Waals surface area (Å²) in [5.74, 6) is 0. The fourth-order valence-electron chi connectivity index (χ4n) is 2.37. The third kappa shape index (κ3) is 2.92. The van der Waals surface area contributed by atoms with E-state index in [0.717, 1.165) is 25.9 Å². The molecule has 0 radical (unpaired) electrons. The molecule has 0 aliphatic heterocycles. The van der Waals surface area contributed by atoms with Gasteiger partial charge in [-0.15, -0.1) is 11.3 Å². The van der Waals surface area contributed by atoms with Gasteiger partial charge < -0.3 is 10.3 Å². The van der Waals surface area contributed by atoms with Gasteiger partial charge in [0.15, 0.2) is 0 Å². The lowest BCUT2D eigenvalue weighted by molar-refractivity contribution is 0.683. The summed E-state index contributed by atoms with van der Waals surface area (Å²) < 4.78 is 0. The highest BCUT2D eigenvalue weighted by Gasteiger charge is 2.02. The van der Waals surface area contributed by atoms with Gasteiger partial charge in [0.05, 0.1) is 10.7 Å². The van der Waals surface area contributed by atoms with Crippen LogP contribution in [0.5, 0.6) is 0 Å². The number of hydrogen-bond donors (Lipinski definition) is 2. The van der Waals surface area contributed by atoms with Gasteiger partial charge in [0.2, 0.25) is 0 Å². The molecule has 0 fully saturated rings. The Morgan fingerprint density at radius 2 is 2.25 bits per heavy atom. The molecule has 104 valence electrons. The zero-order valence-electron chi connectivity index (χ0n) is 11.6. The number of nitrogens with one attached hydrogen (secondary N) is 2. The Hall–Kier alpha value is -1.65. The molecule has 4 heteroatoms. The standard InChI is InChI=1S/C16H19N3S/c1-2-16-19-13(11-20-16)6-8-17-10-12-4-3-5-15-14(12)7-9-18-15/h3-5,7,9,11,17-18H,2,6,8,10H2,1H3. The van der Waals surface area contributed by atoms with Gasteiger partial charge in [0.25, 0.3) is 0 Å². The minimum atomic E-state index is 0.903. The molecule has 0 saturated heterocycles. The largest absolute Gasteiger partial charge is 0.361 e. The Morgan fingerprint density at radius 1 is 1.30 bits per heavy atom. The van der Waals surface area contributed by atoms with Crippen molar-refractivity contribution >= 4 is 22.2 Å². The number of fused-ring (bicyclic) bond motifs is 1. The van der Waals surface area contributed by atoms with Crippen LogP contribution in [0.1, 0.15) is 23.2 Å². The highest BCUT2D eigenvalue weighted by atomic mass is 32.1. The van der Waals surface area contributed by atoms with Crippen LogP contribution < -0.4 is 5.32 Å². The van der Waals surface area contributed by atoms with Crippen molar-refractivity contribution in [3.8, 4) is 0 Å². The van der Waals surface area contributed by atoms with E-state index in [1.54, 1.807) is 11.3 Å². The number of aryl methyl sites for hydroxylation is 1. The summed E-state index contributed by atoms with van der Waals surface area (Å²) in [6, 6.07) is 8.53. The molecule has 20 heavy (non-hydrogen) atoms. The van der Waals surface area contributed by atoms with Gasteiger partial charge >= 0.3 is 0 Å². The van der Waals surface area contributed by atoms with E-state index in [9.17, 15) is 0 Å². The average Bonchev–Trinajstić information content (AvgIpc) is 3.12. The van der Waals surface area contributed by atoms with Crippen LogP contribution in [0.15, 0.2) is 35.8 Å². The van der Waals surface area contributed by atoms with Gasteiger partial charge in [0.1, 0.15) is 0 Å². The van der Waals surface area contributed by atoms with Gasteiger partial charge in [-0.2, -0.15) is 0 Å². The van der Waals surface area contributed by atoms with E-state index in [1.807, 2.05) is 6.20 Å². The zero-order valence-corrected chi connectivity index (χ0v) is 12.5. The molecule has 0 unspecified atom stereocenters. The van der Waals surface area contributed by atoms with Crippen molar-refractivity contribution in [2.45, 2.75) is 26.3 Å². The first-order chi connectivity index (χ1) is 9.86. The molecule has 2 N–H and O–H groups in total. The van der Waals surface area contributed by atoms with Gasteiger partial charge in [-0.25, -0.2) is 4.98 Å². The molecular weight excluding hydrogens is 266 g/mol. The molecule has 0 atom stereocenters. The van der Waals surface area contributed by atoms with E-state index >= 15 is 0 Å². The molecule has 0 aliphatic carbocycles. The second-order valence-electron chi connectivity index (χ2n) is 4.87. The van der Waals surface area contributed by atoms with Crippen LogP contribution in [0.2, 0.25) is 0 Å². The number of thiazole rings is 1. The number of nitrogens with zero attached hydrogens (tertiary/aromatic N) is 1. The summed E-state index contributed by atoms with van der Waals surface area (Å²) in [6.45, 7) is 4.02. The summed E-state index contributed by atoms with van der Waals surface area (Å²) >= 11 is 1.76. The van der Waals surface area contributed by atoms with E-state index in [-0.39, 0.29) is 0 Å². The van der Waals surface area contributed by atoms with Crippen LogP contribution in [0.4, 0.5) is 0 Å². The van der Waals surface area contributed by atoms with Crippen molar-refractivity contribution in [1.82, 2.24) is 15.3 Å². The Kier molecular flexibility index (Phi) is 4.14. The van der Waals surface area contributed by atoms with E-state index < -0.39 is 0 Å². The lowest BCUT2D eigenvalue weighted by Crippen LogP contribution is -2.16. The number of rotatable bonds is 6. The predicted molar refractivity (Wildman–Crippen MR) is 85.2 cm³/mol. The Bertz CT molecular complexity index is 684. The minimum Gasteiger partial charge on any atom is -0.361 e. The van der Waals surface area contributed by atoms with Crippen molar-refractivity contribution in [2.24, 2.45) is 0 Å². The highest BCUT2D eigenvalue weighted by molar-refractivity contribution is 7.09. The van der Waals surface area contributed by atoms with Crippen LogP contribution in [0, 0.1) is 0 Å². The normalized spacial score (nSPS) is 11.2. The molecular formula is C16H19N3S. The smallest absolute Gasteiger partial charge is 0.0925 e. The van der Waals surface area contributed by atoms with Crippen molar-refractivity contribution in [3.05, 3.63) is 52.1 Å². The second kappa shape index (κ2) is 6.20. The molecule has 0 amide bonds. The van der Waals surface area contributed by atoms with Crippen molar-refractivity contribution in [1.29, 1.82) is 0 Å². The maximum atomic E-state index is 4.59. The highest BCUT2D eigenvalue weighted by Crippen LogP contribution is 2.17. The average molecular weight is 285 g/mol. The first-order valence-corrected chi connectivity index (χ1v) is 7.93. The molecule has 3 nitrogen and oxygen atoms in total. The van der Waals surface area contributed by atoms with Crippen molar-refractivity contribution in [2.75, 3.05) is 6.54 Å². The van der Waals surface area contributed by atoms with Gasteiger partial charge in [0, 0.05) is 42.0 Å². The zero-order chi connectivity index (χ0) is 13.8. The van der Waals surface area contributed by atoms with E-state index in [4.69, 9.17) is 0 Å². The topological polar surface area (TPSA) is 40.7 Å². The first kappa shape index (κ1) is 13.3. The Balaban J connectivity index is 1.53. The predicted octanol–water partition coefficient (Wildman–Crippen LogP) is 3.52. The third-order valence-corrected chi connectivity index (χ3v) is 4.50. The number of hydrogen-bond acceptors (Lipinski definition) is 3. The first-order valence-electron chi connectivity index (χ1n) is 7.06. The van der Waals surface area contributed by atoms with Gasteiger partial charge in [-0.3, -0.25) is 0 Å². The lowest BCUT2D eigenvalue weighted by Gasteiger charge is -2.05. The molecule has 2 aromatic heterocycles. The maximum Gasteiger partial charge on any atom is 0.0925 e. The van der Waals surface area contributed by atoms with Gasteiger partial charge in [-0.1, -0.05) is 19.1 Å². The van der Waals surface area contributed by atoms with Gasteiger partial charge in [-0.05, 0) is 24.1 Å². The molecule has 0 saturated carbocycles. The number of benzene rings is 1. The SMILES string of the molecule is CCc1nc(CCNCc2cccc3[nH]ccc23)cs1. The summed E-state index contributed by atoms with van der Waals surface area (Å²) in [7, 11) is 0. The van der Waals surface area contributed by atoms with E-state index in [2.05, 4.69) is 51.9 Å². The molecule has 1 aromatic carbocycles. The number of aromatic amines is 1. The minimum absolute atomic E-state index is 0.903. The number of H-pyrrole nitrogens is 1. The fraction of sp³-hybridized carbons (Fsp3) is 0.312. The second-order valence-corrected chi connectivity index (χ2v) is 5.81. The van der Waals surface area contributed by atoms with Crippen LogP contribution in [-0.2, 0) is 19.4 Å². The summed E-state index contributed by atoms with van der Waals surface area (Å²) in [4.78, 5) is 7.84. The van der Waals surface area contributed by atoms with Crippen LogP contribution in [0.3, 0.4) is 0 Å².